The summed E-state index contributed by atoms with van der Waals surface area (Å²) in [7, 11) is 0. The Bertz CT molecular complexity index is 71.6. The van der Waals surface area contributed by atoms with Gasteiger partial charge in [-0.25, -0.2) is 0 Å². The quantitative estimate of drug-likeness (QED) is 0.426. The summed E-state index contributed by atoms with van der Waals surface area (Å²) in [4.78, 5) is 18.0. The Hall–Kier alpha value is -0.346. The molecule has 0 saturated heterocycles. The summed E-state index contributed by atoms with van der Waals surface area (Å²) in [6.07, 6.45) is 0. The number of hydrogen-bond donors (Lipinski definition) is 2. The first kappa shape index (κ1) is 22.6. The van der Waals surface area contributed by atoms with Crippen molar-refractivity contribution in [3.05, 3.63) is 7.43 Å². The Morgan fingerprint density at radius 2 is 1.00 bits per heavy atom. The van der Waals surface area contributed by atoms with Gasteiger partial charge in [0.2, 0.25) is 0 Å². The zero-order chi connectivity index (χ0) is 7.15. The van der Waals surface area contributed by atoms with Gasteiger partial charge in [-0.15, -0.1) is 0 Å². The van der Waals surface area contributed by atoms with E-state index in [9.17, 15) is 0 Å². The average Bonchev–Trinajstić information content (AvgIpc) is 1.25. The van der Waals surface area contributed by atoms with Crippen LogP contribution >= 0.6 is 0 Å². The predicted octanol–water partition coefficient (Wildman–Crippen LogP) is 0.630. The third-order valence-electron chi connectivity index (χ3n) is 0. The second-order valence-corrected chi connectivity index (χ2v) is 1.04. The van der Waals surface area contributed by atoms with Crippen LogP contribution in [0.4, 0.5) is 0 Å². The predicted molar refractivity (Wildman–Crippen MR) is 33.0 cm³/mol. The first-order valence-electron chi connectivity index (χ1n) is 1.86. The molecule has 60 valence electrons. The fourth-order valence-electron chi connectivity index (χ4n) is 0. The largest absolute Gasteiger partial charge is 0.481 e. The number of rotatable bonds is 0. The molecule has 4 nitrogen and oxygen atoms in total. The molecule has 0 unspecified atom stereocenters. The molecule has 0 atom stereocenters. The summed E-state index contributed by atoms with van der Waals surface area (Å²) in [6.45, 7) is 2.17. The summed E-state index contributed by atoms with van der Waals surface area (Å²) in [5.41, 5.74) is 0. The molecular formula is C5H11O4Ti-. The Morgan fingerprint density at radius 3 is 1.00 bits per heavy atom. The summed E-state index contributed by atoms with van der Waals surface area (Å²) < 4.78 is 0. The SMILES string of the molecule is CC(=O)O.CC(=O)O.[CH3-].[Ti]. The van der Waals surface area contributed by atoms with Crippen molar-refractivity contribution in [1.82, 2.24) is 0 Å². The van der Waals surface area contributed by atoms with Gasteiger partial charge in [-0.2, -0.15) is 0 Å². The van der Waals surface area contributed by atoms with Crippen molar-refractivity contribution >= 4 is 11.9 Å². The third-order valence-corrected chi connectivity index (χ3v) is 0. The fourth-order valence-corrected chi connectivity index (χ4v) is 0. The van der Waals surface area contributed by atoms with Gasteiger partial charge in [-0.05, 0) is 0 Å². The van der Waals surface area contributed by atoms with Gasteiger partial charge in [0, 0.05) is 35.6 Å². The summed E-state index contributed by atoms with van der Waals surface area (Å²) in [6, 6.07) is 0. The van der Waals surface area contributed by atoms with Crippen LogP contribution in [0, 0.1) is 7.43 Å². The van der Waals surface area contributed by atoms with Crippen LogP contribution in [0.2, 0.25) is 0 Å². The standard InChI is InChI=1S/2C2H4O2.CH3.Ti/c2*1-2(3)4;;/h2*1H3,(H,3,4);1H3;/q;;-1;. The van der Waals surface area contributed by atoms with E-state index in [-0.39, 0.29) is 29.1 Å². The van der Waals surface area contributed by atoms with E-state index in [2.05, 4.69) is 0 Å². The van der Waals surface area contributed by atoms with Crippen molar-refractivity contribution in [3.63, 3.8) is 0 Å². The Morgan fingerprint density at radius 1 is 1.00 bits per heavy atom. The minimum Gasteiger partial charge on any atom is -0.481 e. The molecule has 10 heavy (non-hydrogen) atoms. The molecule has 0 heterocycles. The van der Waals surface area contributed by atoms with Crippen LogP contribution in [0.5, 0.6) is 0 Å². The fraction of sp³-hybridized carbons (Fsp3) is 0.400. The summed E-state index contributed by atoms with van der Waals surface area (Å²) in [5.74, 6) is -1.67. The maximum absolute atomic E-state index is 9.00. The van der Waals surface area contributed by atoms with E-state index in [1.807, 2.05) is 0 Å². The first-order valence-corrected chi connectivity index (χ1v) is 1.86. The van der Waals surface area contributed by atoms with Gasteiger partial charge < -0.3 is 17.6 Å². The van der Waals surface area contributed by atoms with E-state index in [1.165, 1.54) is 0 Å². The number of aliphatic carboxylic acids is 2. The van der Waals surface area contributed by atoms with Crippen LogP contribution in [-0.2, 0) is 31.3 Å². The molecule has 5 heteroatoms. The van der Waals surface area contributed by atoms with Gasteiger partial charge in [0.1, 0.15) is 0 Å². The molecule has 0 spiro atoms. The molecule has 0 radical (unpaired) electrons. The Kier molecular flexibility index (Phi) is 35.9. The molecule has 0 rings (SSSR count). The molecular weight excluding hydrogens is 172 g/mol. The Labute approximate surface area is 75.1 Å². The summed E-state index contributed by atoms with van der Waals surface area (Å²) in [5, 5.41) is 14.8. The van der Waals surface area contributed by atoms with Gasteiger partial charge in [-0.3, -0.25) is 9.59 Å². The normalized spacial score (nSPS) is 5.00. The molecule has 0 bridgehead atoms. The van der Waals surface area contributed by atoms with E-state index in [0.717, 1.165) is 13.8 Å². The van der Waals surface area contributed by atoms with Crippen LogP contribution in [0.25, 0.3) is 0 Å². The maximum atomic E-state index is 9.00. The minimum atomic E-state index is -0.833. The number of hydrogen-bond acceptors (Lipinski definition) is 2. The number of carboxylic acid groups (broad SMARTS) is 2. The topological polar surface area (TPSA) is 74.6 Å². The van der Waals surface area contributed by atoms with E-state index in [0.29, 0.717) is 0 Å². The minimum absolute atomic E-state index is 0. The van der Waals surface area contributed by atoms with E-state index >= 15 is 0 Å². The second-order valence-electron chi connectivity index (χ2n) is 1.04. The van der Waals surface area contributed by atoms with E-state index in [4.69, 9.17) is 19.8 Å². The first-order chi connectivity index (χ1) is 3.46. The zero-order valence-electron chi connectivity index (χ0n) is 6.21. The molecule has 0 aromatic heterocycles. The van der Waals surface area contributed by atoms with Crippen molar-refractivity contribution < 1.29 is 41.5 Å². The molecule has 0 aliphatic rings. The second kappa shape index (κ2) is 15.9. The van der Waals surface area contributed by atoms with Gasteiger partial charge in [0.05, 0.1) is 0 Å². The molecule has 0 fully saturated rings. The van der Waals surface area contributed by atoms with Crippen molar-refractivity contribution in [2.45, 2.75) is 13.8 Å². The van der Waals surface area contributed by atoms with E-state index < -0.39 is 11.9 Å². The molecule has 0 aliphatic heterocycles. The molecule has 0 saturated carbocycles. The molecule has 0 aliphatic carbocycles. The van der Waals surface area contributed by atoms with Crippen LogP contribution in [0.3, 0.4) is 0 Å². The Balaban J connectivity index is -0.0000000300. The third kappa shape index (κ3) is 2840. The van der Waals surface area contributed by atoms with Gasteiger partial charge in [0.15, 0.2) is 0 Å². The monoisotopic (exact) mass is 183 g/mol. The van der Waals surface area contributed by atoms with Gasteiger partial charge in [0.25, 0.3) is 11.9 Å². The number of carboxylic acids is 2. The van der Waals surface area contributed by atoms with Crippen LogP contribution in [0.15, 0.2) is 0 Å². The van der Waals surface area contributed by atoms with Crippen molar-refractivity contribution in [2.75, 3.05) is 0 Å². The summed E-state index contributed by atoms with van der Waals surface area (Å²) >= 11 is 0. The smallest absolute Gasteiger partial charge is 0.300 e. The zero-order valence-corrected chi connectivity index (χ0v) is 7.77. The molecule has 2 N–H and O–H groups in total. The maximum Gasteiger partial charge on any atom is 0.300 e. The van der Waals surface area contributed by atoms with Crippen molar-refractivity contribution in [1.29, 1.82) is 0 Å². The van der Waals surface area contributed by atoms with E-state index in [1.54, 1.807) is 0 Å². The van der Waals surface area contributed by atoms with Crippen molar-refractivity contribution in [2.24, 2.45) is 0 Å². The number of carbonyl (C=O) groups is 2. The average molecular weight is 183 g/mol. The van der Waals surface area contributed by atoms with Gasteiger partial charge in [-0.1, -0.05) is 0 Å². The van der Waals surface area contributed by atoms with Crippen LogP contribution in [-0.4, -0.2) is 22.2 Å². The van der Waals surface area contributed by atoms with Crippen molar-refractivity contribution in [3.8, 4) is 0 Å². The van der Waals surface area contributed by atoms with Gasteiger partial charge >= 0.3 is 0 Å². The molecule has 0 aromatic rings. The van der Waals surface area contributed by atoms with Crippen LogP contribution < -0.4 is 0 Å². The molecule has 0 aromatic carbocycles. The van der Waals surface area contributed by atoms with Crippen LogP contribution in [0.1, 0.15) is 13.8 Å². The molecule has 0 amide bonds.